The molecule has 0 saturated carbocycles. The van der Waals surface area contributed by atoms with E-state index in [-0.39, 0.29) is 24.0 Å². The quantitative estimate of drug-likeness (QED) is 0.678. The van der Waals surface area contributed by atoms with E-state index in [1.165, 1.54) is 18.2 Å². The summed E-state index contributed by atoms with van der Waals surface area (Å²) in [4.78, 5) is 0. The molecule has 1 aromatic rings. The minimum atomic E-state index is -4.53. The molecule has 0 N–H and O–H groups in total. The first kappa shape index (κ1) is 11.4. The van der Waals surface area contributed by atoms with E-state index >= 15 is 0 Å². The number of hydrogen-bond acceptors (Lipinski definition) is 1. The summed E-state index contributed by atoms with van der Waals surface area (Å²) in [7, 11) is 1.01. The fraction of sp³-hybridized carbons (Fsp3) is 0.455. The summed E-state index contributed by atoms with van der Waals surface area (Å²) in [5, 5.41) is 0. The normalized spacial score (nSPS) is 24.6. The van der Waals surface area contributed by atoms with Crippen LogP contribution in [0, 0.1) is 5.82 Å². The summed E-state index contributed by atoms with van der Waals surface area (Å²) in [6.45, 7) is 0. The molecular weight excluding hydrogens is 224 g/mol. The average Bonchev–Trinajstić information content (AvgIpc) is 2.58. The number of fused-ring (bicyclic) bond motifs is 1. The molecule has 1 aromatic carbocycles. The van der Waals surface area contributed by atoms with Crippen LogP contribution in [-0.2, 0) is 16.8 Å². The Morgan fingerprint density at radius 3 is 2.56 bits per heavy atom. The Morgan fingerprint density at radius 1 is 1.31 bits per heavy atom. The van der Waals surface area contributed by atoms with Gasteiger partial charge >= 0.3 is 6.18 Å². The topological polar surface area (TPSA) is 9.23 Å². The molecule has 1 nitrogen and oxygen atoms in total. The maximum Gasteiger partial charge on any atom is 0.421 e. The molecule has 5 heteroatoms. The van der Waals surface area contributed by atoms with Crippen LogP contribution in [0.15, 0.2) is 18.2 Å². The van der Waals surface area contributed by atoms with Crippen molar-refractivity contribution in [2.75, 3.05) is 7.11 Å². The average molecular weight is 234 g/mol. The second-order valence-corrected chi connectivity index (χ2v) is 3.79. The van der Waals surface area contributed by atoms with Gasteiger partial charge in [0.1, 0.15) is 5.82 Å². The van der Waals surface area contributed by atoms with E-state index in [1.54, 1.807) is 0 Å². The van der Waals surface area contributed by atoms with Crippen molar-refractivity contribution < 1.29 is 22.3 Å². The van der Waals surface area contributed by atoms with E-state index in [0.29, 0.717) is 0 Å². The van der Waals surface area contributed by atoms with Crippen LogP contribution >= 0.6 is 0 Å². The summed E-state index contributed by atoms with van der Waals surface area (Å²) >= 11 is 0. The van der Waals surface area contributed by atoms with Gasteiger partial charge in [0.05, 0.1) is 0 Å². The van der Waals surface area contributed by atoms with Crippen LogP contribution in [-0.4, -0.2) is 13.3 Å². The summed E-state index contributed by atoms with van der Waals surface area (Å²) in [6.07, 6.45) is -4.74. The Balaban J connectivity index is 2.61. The smallest absolute Gasteiger partial charge is 0.364 e. The zero-order chi connectivity index (χ0) is 12.0. The maximum absolute atomic E-state index is 13.3. The Kier molecular flexibility index (Phi) is 2.45. The molecule has 1 aliphatic carbocycles. The number of benzene rings is 1. The van der Waals surface area contributed by atoms with Crippen molar-refractivity contribution in [1.29, 1.82) is 0 Å². The second kappa shape index (κ2) is 3.45. The van der Waals surface area contributed by atoms with Gasteiger partial charge < -0.3 is 4.74 Å². The number of alkyl halides is 3. The standard InChI is InChI=1S/C11H10F4O/c1-16-10(11(13,14)15)6-5-7-8(10)3-2-4-9(7)12/h2-4H,5-6H2,1H3. The lowest BCUT2D eigenvalue weighted by Gasteiger charge is -2.31. The van der Waals surface area contributed by atoms with Gasteiger partial charge in [0, 0.05) is 7.11 Å². The van der Waals surface area contributed by atoms with Gasteiger partial charge in [0.15, 0.2) is 5.60 Å². The molecule has 88 valence electrons. The Labute approximate surface area is 90.0 Å². The Bertz CT molecular complexity index is 413. The maximum atomic E-state index is 13.3. The van der Waals surface area contributed by atoms with Gasteiger partial charge in [-0.15, -0.1) is 0 Å². The minimum absolute atomic E-state index is 0.0509. The first-order chi connectivity index (χ1) is 7.42. The minimum Gasteiger partial charge on any atom is -0.364 e. The highest BCUT2D eigenvalue weighted by Crippen LogP contribution is 2.50. The summed E-state index contributed by atoms with van der Waals surface area (Å²) < 4.78 is 56.9. The molecule has 0 radical (unpaired) electrons. The van der Waals surface area contributed by atoms with Crippen LogP contribution in [0.3, 0.4) is 0 Å². The lowest BCUT2D eigenvalue weighted by molar-refractivity contribution is -0.275. The van der Waals surface area contributed by atoms with E-state index in [4.69, 9.17) is 0 Å². The second-order valence-electron chi connectivity index (χ2n) is 3.79. The monoisotopic (exact) mass is 234 g/mol. The molecule has 0 saturated heterocycles. The predicted octanol–water partition coefficient (Wildman–Crippen LogP) is 3.18. The van der Waals surface area contributed by atoms with E-state index in [1.807, 2.05) is 0 Å². The molecule has 0 bridgehead atoms. The van der Waals surface area contributed by atoms with Crippen molar-refractivity contribution in [2.24, 2.45) is 0 Å². The van der Waals surface area contributed by atoms with Crippen LogP contribution in [0.4, 0.5) is 17.6 Å². The molecule has 1 aliphatic rings. The molecule has 16 heavy (non-hydrogen) atoms. The third-order valence-corrected chi connectivity index (χ3v) is 3.09. The largest absolute Gasteiger partial charge is 0.421 e. The van der Waals surface area contributed by atoms with Gasteiger partial charge in [-0.25, -0.2) is 4.39 Å². The van der Waals surface area contributed by atoms with Crippen LogP contribution < -0.4 is 0 Å². The first-order valence-corrected chi connectivity index (χ1v) is 4.82. The highest BCUT2D eigenvalue weighted by Gasteiger charge is 2.59. The van der Waals surface area contributed by atoms with Crippen LogP contribution in [0.1, 0.15) is 17.5 Å². The molecule has 0 amide bonds. The zero-order valence-corrected chi connectivity index (χ0v) is 8.57. The van der Waals surface area contributed by atoms with Gasteiger partial charge in [0.2, 0.25) is 0 Å². The van der Waals surface area contributed by atoms with Crippen molar-refractivity contribution in [3.05, 3.63) is 35.1 Å². The number of hydrogen-bond donors (Lipinski definition) is 0. The molecule has 0 aromatic heterocycles. The summed E-state index contributed by atoms with van der Waals surface area (Å²) in [5.41, 5.74) is -2.33. The highest BCUT2D eigenvalue weighted by atomic mass is 19.4. The number of methoxy groups -OCH3 is 1. The third-order valence-electron chi connectivity index (χ3n) is 3.09. The van der Waals surface area contributed by atoms with E-state index < -0.39 is 17.6 Å². The molecular formula is C11H10F4O. The lowest BCUT2D eigenvalue weighted by Crippen LogP contribution is -2.42. The van der Waals surface area contributed by atoms with Gasteiger partial charge in [-0.3, -0.25) is 0 Å². The number of rotatable bonds is 1. The Morgan fingerprint density at radius 2 is 2.00 bits per heavy atom. The van der Waals surface area contributed by atoms with Crippen molar-refractivity contribution in [2.45, 2.75) is 24.6 Å². The molecule has 0 fully saturated rings. The highest BCUT2D eigenvalue weighted by molar-refractivity contribution is 5.39. The van der Waals surface area contributed by atoms with Crippen molar-refractivity contribution in [1.82, 2.24) is 0 Å². The third kappa shape index (κ3) is 1.34. The lowest BCUT2D eigenvalue weighted by atomic mass is 9.95. The van der Waals surface area contributed by atoms with Gasteiger partial charge in [-0.1, -0.05) is 12.1 Å². The molecule has 0 spiro atoms. The molecule has 1 atom stereocenters. The van der Waals surface area contributed by atoms with Crippen LogP contribution in [0.25, 0.3) is 0 Å². The van der Waals surface area contributed by atoms with Gasteiger partial charge in [-0.05, 0) is 30.0 Å². The van der Waals surface area contributed by atoms with Crippen LogP contribution in [0.5, 0.6) is 0 Å². The van der Waals surface area contributed by atoms with E-state index in [0.717, 1.165) is 7.11 Å². The molecule has 2 rings (SSSR count). The van der Waals surface area contributed by atoms with Crippen LogP contribution in [0.2, 0.25) is 0 Å². The van der Waals surface area contributed by atoms with E-state index in [9.17, 15) is 17.6 Å². The van der Waals surface area contributed by atoms with Crippen molar-refractivity contribution in [3.8, 4) is 0 Å². The summed E-state index contributed by atoms with van der Waals surface area (Å²) in [6, 6.07) is 3.72. The fourth-order valence-corrected chi connectivity index (χ4v) is 2.25. The zero-order valence-electron chi connectivity index (χ0n) is 8.57. The molecule has 0 heterocycles. The molecule has 0 aliphatic heterocycles. The summed E-state index contributed by atoms with van der Waals surface area (Å²) in [5.74, 6) is -0.597. The SMILES string of the molecule is COC1(C(F)(F)F)CCc2c(F)cccc21. The predicted molar refractivity (Wildman–Crippen MR) is 49.5 cm³/mol. The number of ether oxygens (including phenoxy) is 1. The molecule has 1 unspecified atom stereocenters. The Hall–Kier alpha value is -1.10. The first-order valence-electron chi connectivity index (χ1n) is 4.82. The van der Waals surface area contributed by atoms with Gasteiger partial charge in [0.25, 0.3) is 0 Å². The van der Waals surface area contributed by atoms with E-state index in [2.05, 4.69) is 4.74 Å². The number of halogens is 4. The van der Waals surface area contributed by atoms with Gasteiger partial charge in [-0.2, -0.15) is 13.2 Å². The fourth-order valence-electron chi connectivity index (χ4n) is 2.25. The van der Waals surface area contributed by atoms with Crippen molar-refractivity contribution in [3.63, 3.8) is 0 Å². The van der Waals surface area contributed by atoms with Crippen molar-refractivity contribution >= 4 is 0 Å².